The Balaban J connectivity index is 2.59. The highest BCUT2D eigenvalue weighted by molar-refractivity contribution is 6.18. The number of alkyl halides is 1. The number of anilines is 2. The molecule has 0 aliphatic carbocycles. The highest BCUT2D eigenvalue weighted by atomic mass is 35.5. The minimum atomic E-state index is 0.304. The lowest BCUT2D eigenvalue weighted by Crippen LogP contribution is -2.14. The van der Waals surface area contributed by atoms with Gasteiger partial charge < -0.3 is 10.6 Å². The molecule has 6 heteroatoms. The number of hydrogen-bond donors (Lipinski definition) is 2. The Labute approximate surface area is 88.3 Å². The zero-order valence-corrected chi connectivity index (χ0v) is 9.04. The Hall–Kier alpha value is -1.10. The van der Waals surface area contributed by atoms with Crippen LogP contribution in [0.5, 0.6) is 0 Å². The van der Waals surface area contributed by atoms with Crippen LogP contribution in [0.25, 0.3) is 0 Å². The molecule has 2 N–H and O–H groups in total. The van der Waals surface area contributed by atoms with Crippen LogP contribution in [0.15, 0.2) is 6.33 Å². The lowest BCUT2D eigenvalue weighted by molar-refractivity contribution is 0.866. The van der Waals surface area contributed by atoms with E-state index >= 15 is 0 Å². The Morgan fingerprint density at radius 3 is 2.71 bits per heavy atom. The summed E-state index contributed by atoms with van der Waals surface area (Å²) in [5.74, 6) is 1.65. The van der Waals surface area contributed by atoms with Crippen LogP contribution in [0.1, 0.15) is 13.8 Å². The van der Waals surface area contributed by atoms with Gasteiger partial charge in [0.1, 0.15) is 6.33 Å². The molecule has 0 aliphatic rings. The average Bonchev–Trinajstić information content (AvgIpc) is 2.14. The third kappa shape index (κ3) is 3.74. The third-order valence-corrected chi connectivity index (χ3v) is 1.56. The van der Waals surface area contributed by atoms with E-state index in [1.54, 1.807) is 0 Å². The van der Waals surface area contributed by atoms with Crippen molar-refractivity contribution >= 4 is 23.5 Å². The molecule has 0 atom stereocenters. The van der Waals surface area contributed by atoms with Crippen LogP contribution in [0.4, 0.5) is 11.9 Å². The first-order chi connectivity index (χ1) is 6.72. The molecular formula is C8H14ClN5. The summed E-state index contributed by atoms with van der Waals surface area (Å²) in [6.07, 6.45) is 1.47. The maximum atomic E-state index is 5.53. The van der Waals surface area contributed by atoms with Crippen LogP contribution in [0.2, 0.25) is 0 Å². The summed E-state index contributed by atoms with van der Waals surface area (Å²) in [5.41, 5.74) is 0. The molecule has 0 fully saturated rings. The molecule has 0 radical (unpaired) electrons. The molecule has 0 saturated heterocycles. The molecule has 5 nitrogen and oxygen atoms in total. The number of nitrogens with one attached hydrogen (secondary N) is 2. The van der Waals surface area contributed by atoms with Crippen molar-refractivity contribution in [2.24, 2.45) is 0 Å². The maximum absolute atomic E-state index is 5.53. The molecule has 1 aromatic heterocycles. The topological polar surface area (TPSA) is 62.7 Å². The molecule has 0 aliphatic heterocycles. The predicted molar refractivity (Wildman–Crippen MR) is 57.8 cm³/mol. The summed E-state index contributed by atoms with van der Waals surface area (Å²) >= 11 is 5.53. The van der Waals surface area contributed by atoms with E-state index in [9.17, 15) is 0 Å². The Bertz CT molecular complexity index is 278. The fraction of sp³-hybridized carbons (Fsp3) is 0.625. The van der Waals surface area contributed by atoms with Crippen molar-refractivity contribution in [3.05, 3.63) is 6.33 Å². The van der Waals surface area contributed by atoms with E-state index in [-0.39, 0.29) is 0 Å². The fourth-order valence-corrected chi connectivity index (χ4v) is 0.963. The lowest BCUT2D eigenvalue weighted by Gasteiger charge is -2.08. The van der Waals surface area contributed by atoms with E-state index in [1.807, 2.05) is 13.8 Å². The molecule has 78 valence electrons. The number of hydrogen-bond acceptors (Lipinski definition) is 5. The first-order valence-electron chi connectivity index (χ1n) is 4.48. The molecule has 0 amide bonds. The summed E-state index contributed by atoms with van der Waals surface area (Å²) in [6, 6.07) is 0.304. The van der Waals surface area contributed by atoms with E-state index in [1.165, 1.54) is 6.33 Å². The second kappa shape index (κ2) is 5.59. The summed E-state index contributed by atoms with van der Waals surface area (Å²) in [5, 5.41) is 6.06. The largest absolute Gasteiger partial charge is 0.353 e. The summed E-state index contributed by atoms with van der Waals surface area (Å²) < 4.78 is 0. The molecule has 0 saturated carbocycles. The highest BCUT2D eigenvalue weighted by Crippen LogP contribution is 2.02. The third-order valence-electron chi connectivity index (χ3n) is 1.37. The Morgan fingerprint density at radius 1 is 1.36 bits per heavy atom. The van der Waals surface area contributed by atoms with Crippen molar-refractivity contribution in [1.82, 2.24) is 15.0 Å². The standard InChI is InChI=1S/C8H14ClN5/c1-6(2)13-8-12-5-11-7(14-8)10-4-3-9/h5-6H,3-4H2,1-2H3,(H2,10,11,12,13,14). The van der Waals surface area contributed by atoms with Crippen LogP contribution in [-0.2, 0) is 0 Å². The van der Waals surface area contributed by atoms with Crippen molar-refractivity contribution in [1.29, 1.82) is 0 Å². The van der Waals surface area contributed by atoms with Crippen molar-refractivity contribution in [3.63, 3.8) is 0 Å². The molecule has 14 heavy (non-hydrogen) atoms. The first kappa shape index (κ1) is 11.0. The van der Waals surface area contributed by atoms with Crippen LogP contribution in [0, 0.1) is 0 Å². The first-order valence-corrected chi connectivity index (χ1v) is 5.01. The van der Waals surface area contributed by atoms with Crippen LogP contribution in [0.3, 0.4) is 0 Å². The molecule has 1 aromatic rings. The highest BCUT2D eigenvalue weighted by Gasteiger charge is 2.00. The van der Waals surface area contributed by atoms with E-state index in [0.717, 1.165) is 0 Å². The second-order valence-corrected chi connectivity index (χ2v) is 3.43. The van der Waals surface area contributed by atoms with Gasteiger partial charge in [0.2, 0.25) is 11.9 Å². The number of aromatic nitrogens is 3. The van der Waals surface area contributed by atoms with Crippen LogP contribution >= 0.6 is 11.6 Å². The molecule has 1 rings (SSSR count). The maximum Gasteiger partial charge on any atom is 0.227 e. The summed E-state index contributed by atoms with van der Waals surface area (Å²) in [6.45, 7) is 4.69. The van der Waals surface area contributed by atoms with Gasteiger partial charge in [0, 0.05) is 18.5 Å². The minimum absolute atomic E-state index is 0.304. The van der Waals surface area contributed by atoms with Crippen molar-refractivity contribution in [2.45, 2.75) is 19.9 Å². The van der Waals surface area contributed by atoms with E-state index in [2.05, 4.69) is 25.6 Å². The predicted octanol–water partition coefficient (Wildman–Crippen LogP) is 1.34. The SMILES string of the molecule is CC(C)Nc1ncnc(NCCCl)n1. The molecular weight excluding hydrogens is 202 g/mol. The lowest BCUT2D eigenvalue weighted by atomic mass is 10.4. The number of nitrogens with zero attached hydrogens (tertiary/aromatic N) is 3. The van der Waals surface area contributed by atoms with Gasteiger partial charge in [-0.1, -0.05) is 0 Å². The summed E-state index contributed by atoms with van der Waals surface area (Å²) in [7, 11) is 0. The van der Waals surface area contributed by atoms with Gasteiger partial charge in [-0.15, -0.1) is 11.6 Å². The van der Waals surface area contributed by atoms with E-state index in [4.69, 9.17) is 11.6 Å². The van der Waals surface area contributed by atoms with Gasteiger partial charge in [-0.05, 0) is 13.8 Å². The van der Waals surface area contributed by atoms with Gasteiger partial charge >= 0.3 is 0 Å². The zero-order valence-electron chi connectivity index (χ0n) is 8.29. The molecule has 0 bridgehead atoms. The van der Waals surface area contributed by atoms with Crippen molar-refractivity contribution in [2.75, 3.05) is 23.1 Å². The van der Waals surface area contributed by atoms with E-state index in [0.29, 0.717) is 30.4 Å². The van der Waals surface area contributed by atoms with Gasteiger partial charge in [-0.25, -0.2) is 9.97 Å². The second-order valence-electron chi connectivity index (χ2n) is 3.05. The molecule has 0 aromatic carbocycles. The van der Waals surface area contributed by atoms with Gasteiger partial charge in [-0.3, -0.25) is 0 Å². The molecule has 0 unspecified atom stereocenters. The normalized spacial score (nSPS) is 10.3. The van der Waals surface area contributed by atoms with Crippen molar-refractivity contribution in [3.8, 4) is 0 Å². The minimum Gasteiger partial charge on any atom is -0.353 e. The smallest absolute Gasteiger partial charge is 0.227 e. The Kier molecular flexibility index (Phi) is 4.39. The van der Waals surface area contributed by atoms with Crippen LogP contribution in [-0.4, -0.2) is 33.4 Å². The monoisotopic (exact) mass is 215 g/mol. The zero-order chi connectivity index (χ0) is 10.4. The number of rotatable bonds is 5. The Morgan fingerprint density at radius 2 is 2.07 bits per heavy atom. The number of halogens is 1. The fourth-order valence-electron chi connectivity index (χ4n) is 0.868. The molecule has 1 heterocycles. The summed E-state index contributed by atoms with van der Waals surface area (Å²) in [4.78, 5) is 12.1. The average molecular weight is 216 g/mol. The molecule has 0 spiro atoms. The van der Waals surface area contributed by atoms with Crippen molar-refractivity contribution < 1.29 is 0 Å². The van der Waals surface area contributed by atoms with Gasteiger partial charge in [0.05, 0.1) is 0 Å². The van der Waals surface area contributed by atoms with E-state index < -0.39 is 0 Å². The van der Waals surface area contributed by atoms with Crippen LogP contribution < -0.4 is 10.6 Å². The quantitative estimate of drug-likeness (QED) is 0.726. The van der Waals surface area contributed by atoms with Gasteiger partial charge in [0.15, 0.2) is 0 Å². The van der Waals surface area contributed by atoms with Gasteiger partial charge in [-0.2, -0.15) is 4.98 Å². The van der Waals surface area contributed by atoms with Gasteiger partial charge in [0.25, 0.3) is 0 Å².